The van der Waals surface area contributed by atoms with E-state index in [1.807, 2.05) is 31.2 Å². The van der Waals surface area contributed by atoms with Crippen LogP contribution in [0.25, 0.3) is 0 Å². The highest BCUT2D eigenvalue weighted by Crippen LogP contribution is 2.30. The van der Waals surface area contributed by atoms with E-state index in [1.165, 1.54) is 7.11 Å². The third kappa shape index (κ3) is 1.75. The molecule has 1 aromatic carbocycles. The summed E-state index contributed by atoms with van der Waals surface area (Å²) in [4.78, 5) is 11.4. The van der Waals surface area contributed by atoms with Gasteiger partial charge in [0.15, 0.2) is 0 Å². The minimum Gasteiger partial charge on any atom is -0.474 e. The van der Waals surface area contributed by atoms with Gasteiger partial charge >= 0.3 is 5.97 Å². The molecule has 0 aliphatic carbocycles. The van der Waals surface area contributed by atoms with Crippen molar-refractivity contribution < 1.29 is 14.3 Å². The summed E-state index contributed by atoms with van der Waals surface area (Å²) in [7, 11) is 1.36. The van der Waals surface area contributed by atoms with E-state index in [0.29, 0.717) is 5.75 Å². The Labute approximate surface area is 88.2 Å². The van der Waals surface area contributed by atoms with Crippen molar-refractivity contribution in [1.82, 2.24) is 0 Å². The van der Waals surface area contributed by atoms with Crippen LogP contribution in [-0.4, -0.2) is 25.2 Å². The summed E-state index contributed by atoms with van der Waals surface area (Å²) in [5, 5.41) is 3.20. The van der Waals surface area contributed by atoms with Gasteiger partial charge in [-0.1, -0.05) is 12.1 Å². The number of carbonyl (C=O) groups excluding carboxylic acids is 1. The molecule has 0 bridgehead atoms. The highest BCUT2D eigenvalue weighted by molar-refractivity contribution is 5.78. The number of rotatable bonds is 1. The Balaban J connectivity index is 2.25. The van der Waals surface area contributed by atoms with Gasteiger partial charge in [-0.25, -0.2) is 4.79 Å². The fourth-order valence-corrected chi connectivity index (χ4v) is 1.62. The van der Waals surface area contributed by atoms with Gasteiger partial charge in [0, 0.05) is 0 Å². The number of hydrogen-bond acceptors (Lipinski definition) is 4. The number of esters is 1. The molecule has 1 heterocycles. The van der Waals surface area contributed by atoms with E-state index >= 15 is 0 Å². The highest BCUT2D eigenvalue weighted by Gasteiger charge is 2.32. The van der Waals surface area contributed by atoms with Crippen LogP contribution in [0.4, 0.5) is 5.69 Å². The predicted octanol–water partition coefficient (Wildman–Crippen LogP) is 1.42. The molecule has 1 aliphatic heterocycles. The number of carbonyl (C=O) groups is 1. The zero-order chi connectivity index (χ0) is 10.8. The first kappa shape index (κ1) is 9.83. The van der Waals surface area contributed by atoms with E-state index in [0.717, 1.165) is 5.69 Å². The lowest BCUT2D eigenvalue weighted by Gasteiger charge is -2.30. The first-order valence-corrected chi connectivity index (χ1v) is 4.82. The molecule has 1 aliphatic rings. The summed E-state index contributed by atoms with van der Waals surface area (Å²) in [6, 6.07) is 7.43. The van der Waals surface area contributed by atoms with Crippen molar-refractivity contribution in [1.29, 1.82) is 0 Å². The number of anilines is 1. The first-order valence-electron chi connectivity index (χ1n) is 4.82. The van der Waals surface area contributed by atoms with Crippen LogP contribution in [0.1, 0.15) is 6.92 Å². The first-order chi connectivity index (χ1) is 7.22. The lowest BCUT2D eigenvalue weighted by Crippen LogP contribution is -2.45. The topological polar surface area (TPSA) is 47.6 Å². The zero-order valence-electron chi connectivity index (χ0n) is 8.69. The van der Waals surface area contributed by atoms with Crippen LogP contribution >= 0.6 is 0 Å². The number of fused-ring (bicyclic) bond motifs is 1. The number of benzene rings is 1. The maximum absolute atomic E-state index is 11.4. The Bertz CT molecular complexity index is 378. The number of hydrogen-bond donors (Lipinski definition) is 1. The van der Waals surface area contributed by atoms with E-state index in [2.05, 4.69) is 10.1 Å². The van der Waals surface area contributed by atoms with Gasteiger partial charge in [-0.2, -0.15) is 0 Å². The van der Waals surface area contributed by atoms with E-state index in [9.17, 15) is 4.79 Å². The van der Waals surface area contributed by atoms with Crippen molar-refractivity contribution in [2.75, 3.05) is 12.4 Å². The predicted molar refractivity (Wildman–Crippen MR) is 56.0 cm³/mol. The SMILES string of the molecule is COC(=O)[C@@H]1Oc2ccccc2N[C@@H]1C. The second kappa shape index (κ2) is 3.81. The monoisotopic (exact) mass is 207 g/mol. The Hall–Kier alpha value is -1.71. The van der Waals surface area contributed by atoms with Crippen molar-refractivity contribution in [3.05, 3.63) is 24.3 Å². The molecule has 0 saturated carbocycles. The number of nitrogens with one attached hydrogen (secondary N) is 1. The third-order valence-corrected chi connectivity index (χ3v) is 2.41. The number of methoxy groups -OCH3 is 1. The molecule has 4 nitrogen and oxygen atoms in total. The molecule has 2 rings (SSSR count). The Morgan fingerprint density at radius 2 is 2.20 bits per heavy atom. The zero-order valence-corrected chi connectivity index (χ0v) is 8.69. The largest absolute Gasteiger partial charge is 0.474 e. The van der Waals surface area contributed by atoms with Gasteiger partial charge in [-0.3, -0.25) is 0 Å². The fraction of sp³-hybridized carbons (Fsp3) is 0.364. The van der Waals surface area contributed by atoms with E-state index in [4.69, 9.17) is 4.74 Å². The minimum absolute atomic E-state index is 0.0904. The van der Waals surface area contributed by atoms with E-state index in [1.54, 1.807) is 0 Å². The molecule has 1 aromatic rings. The van der Waals surface area contributed by atoms with Crippen molar-refractivity contribution in [2.45, 2.75) is 19.1 Å². The lowest BCUT2D eigenvalue weighted by atomic mass is 10.1. The van der Waals surface area contributed by atoms with Crippen LogP contribution in [0.15, 0.2) is 24.3 Å². The minimum atomic E-state index is -0.579. The van der Waals surface area contributed by atoms with E-state index < -0.39 is 6.10 Å². The summed E-state index contributed by atoms with van der Waals surface area (Å²) in [5.41, 5.74) is 0.908. The van der Waals surface area contributed by atoms with Crippen LogP contribution in [0.3, 0.4) is 0 Å². The summed E-state index contributed by atoms with van der Waals surface area (Å²) in [6.45, 7) is 1.89. The Kier molecular flexibility index (Phi) is 2.49. The van der Waals surface area contributed by atoms with Gasteiger partial charge in [0.1, 0.15) is 5.75 Å². The molecule has 4 heteroatoms. The summed E-state index contributed by atoms with van der Waals surface area (Å²) in [6.07, 6.45) is -0.579. The quantitative estimate of drug-likeness (QED) is 0.707. The molecule has 0 amide bonds. The maximum atomic E-state index is 11.4. The smallest absolute Gasteiger partial charge is 0.349 e. The molecule has 1 N–H and O–H groups in total. The average molecular weight is 207 g/mol. The van der Waals surface area contributed by atoms with Gasteiger partial charge in [-0.05, 0) is 19.1 Å². The standard InChI is InChI=1S/C11H13NO3/c1-7-10(11(13)14-2)15-9-6-4-3-5-8(9)12-7/h3-7,10,12H,1-2H3/t7-,10-/m1/s1. The van der Waals surface area contributed by atoms with Crippen LogP contribution in [0, 0.1) is 0 Å². The average Bonchev–Trinajstić information content (AvgIpc) is 2.27. The molecular formula is C11H13NO3. The van der Waals surface area contributed by atoms with Crippen molar-refractivity contribution >= 4 is 11.7 Å². The fourth-order valence-electron chi connectivity index (χ4n) is 1.62. The summed E-state index contributed by atoms with van der Waals surface area (Å²) >= 11 is 0. The number of para-hydroxylation sites is 2. The third-order valence-electron chi connectivity index (χ3n) is 2.41. The molecule has 2 atom stereocenters. The van der Waals surface area contributed by atoms with Crippen LogP contribution in [0.5, 0.6) is 5.75 Å². The van der Waals surface area contributed by atoms with Gasteiger partial charge in [0.2, 0.25) is 6.10 Å². The molecule has 15 heavy (non-hydrogen) atoms. The van der Waals surface area contributed by atoms with Crippen LogP contribution < -0.4 is 10.1 Å². The summed E-state index contributed by atoms with van der Waals surface area (Å²) in [5.74, 6) is 0.329. The van der Waals surface area contributed by atoms with E-state index in [-0.39, 0.29) is 12.0 Å². The molecule has 80 valence electrons. The Morgan fingerprint density at radius 1 is 1.47 bits per heavy atom. The Morgan fingerprint density at radius 3 is 2.93 bits per heavy atom. The van der Waals surface area contributed by atoms with Crippen LogP contribution in [-0.2, 0) is 9.53 Å². The van der Waals surface area contributed by atoms with Gasteiger partial charge in [-0.15, -0.1) is 0 Å². The molecule has 0 spiro atoms. The molecule has 0 unspecified atom stereocenters. The second-order valence-electron chi connectivity index (χ2n) is 3.49. The van der Waals surface area contributed by atoms with Gasteiger partial charge < -0.3 is 14.8 Å². The van der Waals surface area contributed by atoms with Gasteiger partial charge in [0.25, 0.3) is 0 Å². The normalized spacial score (nSPS) is 23.3. The van der Waals surface area contributed by atoms with Crippen molar-refractivity contribution in [3.8, 4) is 5.75 Å². The number of ether oxygens (including phenoxy) is 2. The molecular weight excluding hydrogens is 194 g/mol. The second-order valence-corrected chi connectivity index (χ2v) is 3.49. The van der Waals surface area contributed by atoms with Crippen molar-refractivity contribution in [2.24, 2.45) is 0 Å². The highest BCUT2D eigenvalue weighted by atomic mass is 16.6. The summed E-state index contributed by atoms with van der Waals surface area (Å²) < 4.78 is 10.2. The maximum Gasteiger partial charge on any atom is 0.349 e. The van der Waals surface area contributed by atoms with Crippen LogP contribution in [0.2, 0.25) is 0 Å². The molecule has 0 radical (unpaired) electrons. The van der Waals surface area contributed by atoms with Gasteiger partial charge in [0.05, 0.1) is 18.8 Å². The lowest BCUT2D eigenvalue weighted by molar-refractivity contribution is -0.149. The molecule has 0 fully saturated rings. The molecule has 0 saturated heterocycles. The van der Waals surface area contributed by atoms with Crippen molar-refractivity contribution in [3.63, 3.8) is 0 Å². The molecule has 0 aromatic heterocycles.